The molecule has 0 aromatic heterocycles. The predicted molar refractivity (Wildman–Crippen MR) is 72.1 cm³/mol. The van der Waals surface area contributed by atoms with Gasteiger partial charge in [-0.2, -0.15) is 24.9 Å². The molecule has 4 nitrogen and oxygen atoms in total. The number of nitrogens with zero attached hydrogens (tertiary/aromatic N) is 1. The van der Waals surface area contributed by atoms with Gasteiger partial charge in [-0.05, 0) is 30.7 Å². The van der Waals surface area contributed by atoms with Crippen LogP contribution in [-0.2, 0) is 6.18 Å². The molecule has 1 aromatic rings. The highest BCUT2D eigenvalue weighted by Crippen LogP contribution is 2.35. The minimum Gasteiger partial charge on any atom is -0.378 e. The standard InChI is InChI=1S/C12H13F3N2O2S/c13-12(14,15)8-3-4-10(11(6-8)17(18)19)16-7-9-2-1-5-20-9/h3-4,6,9,16H,1-2,5,7H2. The summed E-state index contributed by atoms with van der Waals surface area (Å²) in [4.78, 5) is 10.1. The van der Waals surface area contributed by atoms with Gasteiger partial charge >= 0.3 is 6.18 Å². The zero-order valence-electron chi connectivity index (χ0n) is 10.4. The Morgan fingerprint density at radius 2 is 2.20 bits per heavy atom. The van der Waals surface area contributed by atoms with E-state index in [1.54, 1.807) is 11.8 Å². The molecule has 1 aromatic carbocycles. The van der Waals surface area contributed by atoms with Gasteiger partial charge in [-0.3, -0.25) is 10.1 Å². The second kappa shape index (κ2) is 5.90. The van der Waals surface area contributed by atoms with Crippen LogP contribution in [-0.4, -0.2) is 22.5 Å². The molecule has 0 saturated carbocycles. The van der Waals surface area contributed by atoms with Crippen LogP contribution in [0.1, 0.15) is 18.4 Å². The number of rotatable bonds is 4. The summed E-state index contributed by atoms with van der Waals surface area (Å²) in [6.45, 7) is 0.525. The van der Waals surface area contributed by atoms with Crippen molar-refractivity contribution in [2.75, 3.05) is 17.6 Å². The van der Waals surface area contributed by atoms with Crippen LogP contribution in [0.2, 0.25) is 0 Å². The Balaban J connectivity index is 2.17. The zero-order chi connectivity index (χ0) is 14.8. The molecule has 2 rings (SSSR count). The molecule has 0 radical (unpaired) electrons. The van der Waals surface area contributed by atoms with E-state index in [9.17, 15) is 23.3 Å². The summed E-state index contributed by atoms with van der Waals surface area (Å²) in [5.41, 5.74) is -1.41. The smallest absolute Gasteiger partial charge is 0.378 e. The van der Waals surface area contributed by atoms with Crippen LogP contribution < -0.4 is 5.32 Å². The predicted octanol–water partition coefficient (Wildman–Crippen LogP) is 3.92. The number of halogens is 3. The van der Waals surface area contributed by atoms with E-state index in [0.717, 1.165) is 30.7 Å². The number of nitro groups is 1. The maximum absolute atomic E-state index is 12.5. The van der Waals surface area contributed by atoms with Crippen LogP contribution in [0.3, 0.4) is 0 Å². The van der Waals surface area contributed by atoms with Crippen LogP contribution >= 0.6 is 11.8 Å². The van der Waals surface area contributed by atoms with Gasteiger partial charge in [0.2, 0.25) is 0 Å². The molecule has 1 unspecified atom stereocenters. The third kappa shape index (κ3) is 3.56. The fourth-order valence-corrected chi connectivity index (χ4v) is 3.24. The number of hydrogen-bond donors (Lipinski definition) is 1. The van der Waals surface area contributed by atoms with Gasteiger partial charge in [0, 0.05) is 17.9 Å². The third-order valence-electron chi connectivity index (χ3n) is 3.07. The Hall–Kier alpha value is -1.44. The highest BCUT2D eigenvalue weighted by molar-refractivity contribution is 8.00. The molecule has 1 heterocycles. The molecular formula is C12H13F3N2O2S. The maximum atomic E-state index is 12.5. The highest BCUT2D eigenvalue weighted by atomic mass is 32.2. The Kier molecular flexibility index (Phi) is 4.42. The van der Waals surface area contributed by atoms with Crippen molar-refractivity contribution in [3.8, 4) is 0 Å². The average Bonchev–Trinajstić information content (AvgIpc) is 2.88. The first kappa shape index (κ1) is 15.0. The van der Waals surface area contributed by atoms with Crippen molar-refractivity contribution in [2.24, 2.45) is 0 Å². The summed E-state index contributed by atoms with van der Waals surface area (Å²) in [6.07, 6.45) is -2.46. The fourth-order valence-electron chi connectivity index (χ4n) is 2.04. The van der Waals surface area contributed by atoms with E-state index >= 15 is 0 Å². The number of hydrogen-bond acceptors (Lipinski definition) is 4. The molecule has 110 valence electrons. The van der Waals surface area contributed by atoms with E-state index in [1.165, 1.54) is 0 Å². The molecule has 0 aliphatic carbocycles. The third-order valence-corrected chi connectivity index (χ3v) is 4.46. The zero-order valence-corrected chi connectivity index (χ0v) is 11.3. The van der Waals surface area contributed by atoms with Gasteiger partial charge in [0.25, 0.3) is 5.69 Å². The number of nitrogens with one attached hydrogen (secondary N) is 1. The minimum absolute atomic E-state index is 0.135. The van der Waals surface area contributed by atoms with Crippen molar-refractivity contribution in [3.63, 3.8) is 0 Å². The lowest BCUT2D eigenvalue weighted by atomic mass is 10.1. The molecule has 1 saturated heterocycles. The molecular weight excluding hydrogens is 293 g/mol. The van der Waals surface area contributed by atoms with Crippen molar-refractivity contribution >= 4 is 23.1 Å². The van der Waals surface area contributed by atoms with Gasteiger partial charge < -0.3 is 5.32 Å². The number of benzene rings is 1. The second-order valence-electron chi connectivity index (χ2n) is 4.50. The minimum atomic E-state index is -4.58. The van der Waals surface area contributed by atoms with Crippen molar-refractivity contribution in [1.82, 2.24) is 0 Å². The summed E-state index contributed by atoms with van der Waals surface area (Å²) in [5.74, 6) is 1.06. The molecule has 1 N–H and O–H groups in total. The topological polar surface area (TPSA) is 55.2 Å². The number of nitro benzene ring substituents is 1. The van der Waals surface area contributed by atoms with Crippen molar-refractivity contribution in [1.29, 1.82) is 0 Å². The van der Waals surface area contributed by atoms with Crippen LogP contribution in [0.25, 0.3) is 0 Å². The Bertz CT molecular complexity index is 502. The van der Waals surface area contributed by atoms with E-state index < -0.39 is 22.4 Å². The molecule has 1 aliphatic heterocycles. The first-order valence-electron chi connectivity index (χ1n) is 6.09. The van der Waals surface area contributed by atoms with E-state index in [4.69, 9.17) is 0 Å². The highest BCUT2D eigenvalue weighted by Gasteiger charge is 2.33. The first-order valence-corrected chi connectivity index (χ1v) is 7.14. The molecule has 20 heavy (non-hydrogen) atoms. The fraction of sp³-hybridized carbons (Fsp3) is 0.500. The first-order chi connectivity index (χ1) is 9.38. The van der Waals surface area contributed by atoms with Crippen LogP contribution in [0, 0.1) is 10.1 Å². The molecule has 0 bridgehead atoms. The lowest BCUT2D eigenvalue weighted by Crippen LogP contribution is -2.15. The number of alkyl halides is 3. The SMILES string of the molecule is O=[N+]([O-])c1cc(C(F)(F)F)ccc1NCC1CCCS1. The van der Waals surface area contributed by atoms with Gasteiger partial charge in [0.15, 0.2) is 0 Å². The van der Waals surface area contributed by atoms with Gasteiger partial charge in [-0.15, -0.1) is 0 Å². The van der Waals surface area contributed by atoms with Crippen LogP contribution in [0.5, 0.6) is 0 Å². The summed E-state index contributed by atoms with van der Waals surface area (Å²) < 4.78 is 37.6. The van der Waals surface area contributed by atoms with Gasteiger partial charge in [-0.1, -0.05) is 0 Å². The maximum Gasteiger partial charge on any atom is 0.416 e. The van der Waals surface area contributed by atoms with Crippen molar-refractivity contribution < 1.29 is 18.1 Å². The second-order valence-corrected chi connectivity index (χ2v) is 5.91. The molecule has 0 spiro atoms. The molecule has 8 heteroatoms. The molecule has 1 atom stereocenters. The molecule has 1 aliphatic rings. The average molecular weight is 306 g/mol. The summed E-state index contributed by atoms with van der Waals surface area (Å²) in [7, 11) is 0. The van der Waals surface area contributed by atoms with Crippen molar-refractivity contribution in [2.45, 2.75) is 24.3 Å². The molecule has 1 fully saturated rings. The normalized spacial score (nSPS) is 19.1. The van der Waals surface area contributed by atoms with E-state index in [2.05, 4.69) is 5.32 Å². The molecule has 0 amide bonds. The Morgan fingerprint density at radius 3 is 2.75 bits per heavy atom. The van der Waals surface area contributed by atoms with Crippen molar-refractivity contribution in [3.05, 3.63) is 33.9 Å². The summed E-state index contributed by atoms with van der Waals surface area (Å²) >= 11 is 1.77. The van der Waals surface area contributed by atoms with Gasteiger partial charge in [0.05, 0.1) is 10.5 Å². The van der Waals surface area contributed by atoms with Gasteiger partial charge in [-0.25, -0.2) is 0 Å². The van der Waals surface area contributed by atoms with Crippen LogP contribution in [0.15, 0.2) is 18.2 Å². The van der Waals surface area contributed by atoms with E-state index in [0.29, 0.717) is 17.9 Å². The quantitative estimate of drug-likeness (QED) is 0.676. The van der Waals surface area contributed by atoms with Gasteiger partial charge in [0.1, 0.15) is 5.69 Å². The summed E-state index contributed by atoms with van der Waals surface area (Å²) in [5, 5.41) is 14.1. The Morgan fingerprint density at radius 1 is 1.45 bits per heavy atom. The number of thioether (sulfide) groups is 1. The van der Waals surface area contributed by atoms with Crippen LogP contribution in [0.4, 0.5) is 24.5 Å². The van der Waals surface area contributed by atoms with E-state index in [1.807, 2.05) is 0 Å². The monoisotopic (exact) mass is 306 g/mol. The Labute approximate surface area is 117 Å². The van der Waals surface area contributed by atoms with E-state index in [-0.39, 0.29) is 5.69 Å². The lowest BCUT2D eigenvalue weighted by Gasteiger charge is -2.13. The largest absolute Gasteiger partial charge is 0.416 e. The summed E-state index contributed by atoms with van der Waals surface area (Å²) in [6, 6.07) is 2.56. The lowest BCUT2D eigenvalue weighted by molar-refractivity contribution is -0.384. The number of anilines is 1.